The van der Waals surface area contributed by atoms with Gasteiger partial charge in [-0.15, -0.1) is 0 Å². The van der Waals surface area contributed by atoms with Crippen molar-refractivity contribution in [2.45, 2.75) is 20.8 Å². The van der Waals surface area contributed by atoms with Crippen LogP contribution in [0.2, 0.25) is 0 Å². The topological polar surface area (TPSA) is 23.8 Å². The second-order valence-electron chi connectivity index (χ2n) is 6.29. The molecule has 0 saturated heterocycles. The van der Waals surface area contributed by atoms with Gasteiger partial charge in [-0.05, 0) is 67.3 Å². The Balaban J connectivity index is 1.89. The molecule has 0 aliphatic heterocycles. The monoisotopic (exact) mass is 321 g/mol. The van der Waals surface area contributed by atoms with Crippen molar-refractivity contribution in [3.8, 4) is 29.0 Å². The highest BCUT2D eigenvalue weighted by Crippen LogP contribution is 2.22. The molecule has 0 heterocycles. The molecule has 3 rings (SSSR count). The van der Waals surface area contributed by atoms with E-state index < -0.39 is 0 Å². The third-order valence-electron chi connectivity index (χ3n) is 4.30. The Kier molecular flexibility index (Phi) is 4.69. The van der Waals surface area contributed by atoms with Crippen LogP contribution >= 0.6 is 0 Å². The molecule has 0 fully saturated rings. The molecule has 0 spiro atoms. The summed E-state index contributed by atoms with van der Waals surface area (Å²) >= 11 is 0. The summed E-state index contributed by atoms with van der Waals surface area (Å²) in [4.78, 5) is 0. The van der Waals surface area contributed by atoms with Crippen LogP contribution in [0.15, 0.2) is 60.7 Å². The van der Waals surface area contributed by atoms with E-state index in [9.17, 15) is 0 Å². The number of benzene rings is 3. The molecule has 0 atom stereocenters. The first kappa shape index (κ1) is 16.6. The minimum Gasteiger partial charge on any atom is -0.192 e. The molecule has 120 valence electrons. The van der Waals surface area contributed by atoms with Gasteiger partial charge in [0.25, 0.3) is 0 Å². The molecule has 0 radical (unpaired) electrons. The highest BCUT2D eigenvalue weighted by atomic mass is 14.2. The normalized spacial score (nSPS) is 9.84. The third-order valence-corrected chi connectivity index (χ3v) is 4.30. The summed E-state index contributed by atoms with van der Waals surface area (Å²) < 4.78 is 0. The van der Waals surface area contributed by atoms with Crippen LogP contribution in [0.1, 0.15) is 33.4 Å². The predicted molar refractivity (Wildman–Crippen MR) is 103 cm³/mol. The zero-order chi connectivity index (χ0) is 17.8. The van der Waals surface area contributed by atoms with E-state index in [4.69, 9.17) is 5.26 Å². The van der Waals surface area contributed by atoms with Crippen LogP contribution in [-0.2, 0) is 0 Å². The highest BCUT2D eigenvalue weighted by Gasteiger charge is 2.01. The Hall–Kier alpha value is -3.29. The van der Waals surface area contributed by atoms with E-state index in [2.05, 4.69) is 74.2 Å². The number of hydrogen-bond donors (Lipinski definition) is 0. The molecule has 0 aliphatic rings. The SMILES string of the molecule is Cc1ccc(-c2ccc(C#Cc3ccc(C#N)c(C)c3)c(C)c2)cc1. The molecule has 0 saturated carbocycles. The van der Waals surface area contributed by atoms with Crippen molar-refractivity contribution in [2.24, 2.45) is 0 Å². The smallest absolute Gasteiger partial charge is 0.0994 e. The zero-order valence-corrected chi connectivity index (χ0v) is 14.7. The summed E-state index contributed by atoms with van der Waals surface area (Å²) in [7, 11) is 0. The lowest BCUT2D eigenvalue weighted by Gasteiger charge is -2.05. The van der Waals surface area contributed by atoms with Crippen LogP contribution in [0, 0.1) is 43.9 Å². The van der Waals surface area contributed by atoms with Gasteiger partial charge >= 0.3 is 0 Å². The zero-order valence-electron chi connectivity index (χ0n) is 14.7. The van der Waals surface area contributed by atoms with Gasteiger partial charge in [-0.3, -0.25) is 0 Å². The minimum absolute atomic E-state index is 0.698. The Labute approximate surface area is 149 Å². The number of aryl methyl sites for hydroxylation is 3. The standard InChI is InChI=1S/C24H19N/c1-17-4-8-22(9-5-17)23-13-12-21(19(3)15-23)10-6-20-7-11-24(16-25)18(2)14-20/h4-5,7-9,11-15H,1-3H3. The van der Waals surface area contributed by atoms with Gasteiger partial charge in [0.15, 0.2) is 0 Å². The van der Waals surface area contributed by atoms with Crippen molar-refractivity contribution in [1.82, 2.24) is 0 Å². The lowest BCUT2D eigenvalue weighted by molar-refractivity contribution is 1.38. The van der Waals surface area contributed by atoms with Crippen molar-refractivity contribution >= 4 is 0 Å². The Bertz CT molecular complexity index is 1020. The van der Waals surface area contributed by atoms with Crippen LogP contribution in [0.25, 0.3) is 11.1 Å². The minimum atomic E-state index is 0.698. The van der Waals surface area contributed by atoms with Crippen molar-refractivity contribution in [3.63, 3.8) is 0 Å². The molecule has 0 N–H and O–H groups in total. The number of rotatable bonds is 1. The Morgan fingerprint density at radius 1 is 0.640 bits per heavy atom. The third kappa shape index (κ3) is 3.79. The van der Waals surface area contributed by atoms with Crippen LogP contribution in [-0.4, -0.2) is 0 Å². The van der Waals surface area contributed by atoms with E-state index in [1.807, 2.05) is 25.1 Å². The van der Waals surface area contributed by atoms with Crippen LogP contribution in [0.3, 0.4) is 0 Å². The molecule has 1 heteroatoms. The summed E-state index contributed by atoms with van der Waals surface area (Å²) in [6.45, 7) is 6.12. The van der Waals surface area contributed by atoms with Gasteiger partial charge in [-0.25, -0.2) is 0 Å². The van der Waals surface area contributed by atoms with E-state index in [0.717, 1.165) is 22.3 Å². The summed E-state index contributed by atoms with van der Waals surface area (Å²) in [6.07, 6.45) is 0. The van der Waals surface area contributed by atoms with Gasteiger partial charge in [0.1, 0.15) is 0 Å². The van der Waals surface area contributed by atoms with Gasteiger partial charge in [0.2, 0.25) is 0 Å². The number of nitrogens with zero attached hydrogens (tertiary/aromatic N) is 1. The Morgan fingerprint density at radius 3 is 1.92 bits per heavy atom. The first-order valence-corrected chi connectivity index (χ1v) is 8.27. The molecule has 0 aromatic heterocycles. The molecule has 0 aliphatic carbocycles. The van der Waals surface area contributed by atoms with Crippen LogP contribution < -0.4 is 0 Å². The van der Waals surface area contributed by atoms with Crippen molar-refractivity contribution in [1.29, 1.82) is 5.26 Å². The van der Waals surface area contributed by atoms with E-state index in [-0.39, 0.29) is 0 Å². The van der Waals surface area contributed by atoms with Gasteiger partial charge in [-0.2, -0.15) is 5.26 Å². The lowest BCUT2D eigenvalue weighted by atomic mass is 9.99. The average molecular weight is 321 g/mol. The van der Waals surface area contributed by atoms with Gasteiger partial charge in [-0.1, -0.05) is 53.8 Å². The van der Waals surface area contributed by atoms with E-state index in [1.54, 1.807) is 0 Å². The molecule has 0 amide bonds. The maximum atomic E-state index is 9.00. The van der Waals surface area contributed by atoms with Gasteiger partial charge in [0, 0.05) is 11.1 Å². The fourth-order valence-electron chi connectivity index (χ4n) is 2.74. The maximum Gasteiger partial charge on any atom is 0.0994 e. The number of nitriles is 1. The average Bonchev–Trinajstić information content (AvgIpc) is 2.61. The second kappa shape index (κ2) is 7.08. The van der Waals surface area contributed by atoms with E-state index in [0.29, 0.717) is 5.56 Å². The summed E-state index contributed by atoms with van der Waals surface area (Å²) in [6, 6.07) is 22.8. The second-order valence-corrected chi connectivity index (χ2v) is 6.29. The first-order valence-electron chi connectivity index (χ1n) is 8.27. The van der Waals surface area contributed by atoms with Gasteiger partial charge < -0.3 is 0 Å². The Morgan fingerprint density at radius 2 is 1.28 bits per heavy atom. The summed E-state index contributed by atoms with van der Waals surface area (Å²) in [5.41, 5.74) is 8.46. The molecule has 3 aromatic carbocycles. The first-order chi connectivity index (χ1) is 12.1. The molecular weight excluding hydrogens is 302 g/mol. The van der Waals surface area contributed by atoms with E-state index >= 15 is 0 Å². The maximum absolute atomic E-state index is 9.00. The van der Waals surface area contributed by atoms with Crippen LogP contribution in [0.4, 0.5) is 0 Å². The summed E-state index contributed by atoms with van der Waals surface area (Å²) in [5, 5.41) is 9.00. The molecule has 0 unspecified atom stereocenters. The van der Waals surface area contributed by atoms with Crippen molar-refractivity contribution in [2.75, 3.05) is 0 Å². The summed E-state index contributed by atoms with van der Waals surface area (Å²) in [5.74, 6) is 6.45. The fourth-order valence-corrected chi connectivity index (χ4v) is 2.74. The molecule has 1 nitrogen and oxygen atoms in total. The predicted octanol–water partition coefficient (Wildman–Crippen LogP) is 5.55. The van der Waals surface area contributed by atoms with E-state index in [1.165, 1.54) is 16.7 Å². The largest absolute Gasteiger partial charge is 0.192 e. The van der Waals surface area contributed by atoms with Gasteiger partial charge in [0.05, 0.1) is 11.6 Å². The quantitative estimate of drug-likeness (QED) is 0.539. The molecular formula is C24H19N. The highest BCUT2D eigenvalue weighted by molar-refractivity contribution is 5.66. The lowest BCUT2D eigenvalue weighted by Crippen LogP contribution is -1.86. The fraction of sp³-hybridized carbons (Fsp3) is 0.125. The molecule has 25 heavy (non-hydrogen) atoms. The molecule has 3 aromatic rings. The molecule has 0 bridgehead atoms. The number of hydrogen-bond acceptors (Lipinski definition) is 1. The van der Waals surface area contributed by atoms with Crippen molar-refractivity contribution in [3.05, 3.63) is 94.0 Å². The van der Waals surface area contributed by atoms with Crippen LogP contribution in [0.5, 0.6) is 0 Å². The van der Waals surface area contributed by atoms with Crippen molar-refractivity contribution < 1.29 is 0 Å².